The van der Waals surface area contributed by atoms with Crippen LogP contribution in [0.25, 0.3) is 0 Å². The van der Waals surface area contributed by atoms with Crippen molar-refractivity contribution in [1.82, 2.24) is 4.98 Å². The predicted molar refractivity (Wildman–Crippen MR) is 69.4 cm³/mol. The largest absolute Gasteiger partial charge is 0.432 e. The minimum atomic E-state index is -0.671. The molecule has 1 heterocycles. The van der Waals surface area contributed by atoms with Crippen LogP contribution in [0.4, 0.5) is 11.4 Å². The molecule has 9 heteroatoms. The maximum absolute atomic E-state index is 10.9. The summed E-state index contributed by atoms with van der Waals surface area (Å²) in [6, 6.07) is 5.95. The van der Waals surface area contributed by atoms with E-state index in [-0.39, 0.29) is 28.6 Å². The first kappa shape index (κ1) is 14.1. The first-order valence-electron chi connectivity index (χ1n) is 5.53. The van der Waals surface area contributed by atoms with Crippen LogP contribution < -0.4 is 4.74 Å². The van der Waals surface area contributed by atoms with Crippen LogP contribution in [-0.2, 0) is 0 Å². The van der Waals surface area contributed by atoms with Crippen molar-refractivity contribution in [3.63, 3.8) is 0 Å². The Balaban J connectivity index is 2.35. The molecule has 0 bridgehead atoms. The van der Waals surface area contributed by atoms with Crippen LogP contribution in [-0.4, -0.2) is 21.1 Å². The molecule has 0 saturated heterocycles. The second kappa shape index (κ2) is 5.74. The van der Waals surface area contributed by atoms with E-state index in [0.29, 0.717) is 6.29 Å². The molecule has 0 saturated carbocycles. The Hall–Kier alpha value is -3.36. The number of benzene rings is 1. The zero-order valence-corrected chi connectivity index (χ0v) is 10.3. The fraction of sp³-hybridized carbons (Fsp3) is 0. The summed E-state index contributed by atoms with van der Waals surface area (Å²) in [5.41, 5.74) is -0.392. The fourth-order valence-electron chi connectivity index (χ4n) is 1.49. The number of aromatic nitrogens is 1. The highest BCUT2D eigenvalue weighted by molar-refractivity contribution is 5.77. The number of ether oxygens (including phenoxy) is 1. The van der Waals surface area contributed by atoms with Gasteiger partial charge >= 0.3 is 5.69 Å². The second-order valence-electron chi connectivity index (χ2n) is 3.82. The maximum Gasteiger partial charge on any atom is 0.311 e. The molecule has 0 aliphatic heterocycles. The first-order chi connectivity index (χ1) is 10.0. The number of nitro benzene ring substituents is 1. The Kier molecular flexibility index (Phi) is 3.84. The number of nitro groups is 2. The first-order valence-corrected chi connectivity index (χ1v) is 5.53. The molecule has 106 valence electrons. The zero-order valence-electron chi connectivity index (χ0n) is 10.3. The van der Waals surface area contributed by atoms with Gasteiger partial charge in [0.15, 0.2) is 0 Å². The van der Waals surface area contributed by atoms with E-state index in [1.807, 2.05) is 0 Å². The van der Waals surface area contributed by atoms with Gasteiger partial charge in [-0.05, 0) is 12.1 Å². The normalized spacial score (nSPS) is 9.90. The Labute approximate surface area is 117 Å². The van der Waals surface area contributed by atoms with Crippen LogP contribution in [0.1, 0.15) is 10.4 Å². The Morgan fingerprint density at radius 3 is 2.38 bits per heavy atom. The van der Waals surface area contributed by atoms with Crippen molar-refractivity contribution in [3.8, 4) is 11.6 Å². The van der Waals surface area contributed by atoms with Crippen LogP contribution in [0.3, 0.4) is 0 Å². The van der Waals surface area contributed by atoms with Gasteiger partial charge in [-0.15, -0.1) is 0 Å². The number of nitrogens with zero attached hydrogens (tertiary/aromatic N) is 3. The van der Waals surface area contributed by atoms with E-state index >= 15 is 0 Å². The highest BCUT2D eigenvalue weighted by atomic mass is 16.6. The van der Waals surface area contributed by atoms with E-state index < -0.39 is 9.85 Å². The monoisotopic (exact) mass is 289 g/mol. The standard InChI is InChI=1S/C12H7N3O6/c16-7-8-1-3-10(15(19)20)11(5-8)21-12-4-2-9(6-13-12)14(17)18/h1-7H. The average molecular weight is 289 g/mol. The van der Waals surface area contributed by atoms with Crippen molar-refractivity contribution in [1.29, 1.82) is 0 Å². The summed E-state index contributed by atoms with van der Waals surface area (Å²) in [6.45, 7) is 0. The van der Waals surface area contributed by atoms with Gasteiger partial charge < -0.3 is 4.74 Å². The molecular weight excluding hydrogens is 282 g/mol. The second-order valence-corrected chi connectivity index (χ2v) is 3.82. The molecule has 1 aromatic heterocycles. The highest BCUT2D eigenvalue weighted by Crippen LogP contribution is 2.31. The van der Waals surface area contributed by atoms with Gasteiger partial charge in [0.05, 0.1) is 9.85 Å². The van der Waals surface area contributed by atoms with Gasteiger partial charge in [0, 0.05) is 23.8 Å². The Morgan fingerprint density at radius 2 is 1.86 bits per heavy atom. The lowest BCUT2D eigenvalue weighted by atomic mass is 10.2. The van der Waals surface area contributed by atoms with E-state index in [2.05, 4.69) is 4.98 Å². The summed E-state index contributed by atoms with van der Waals surface area (Å²) in [6.07, 6.45) is 1.48. The lowest BCUT2D eigenvalue weighted by molar-refractivity contribution is -0.385. The zero-order chi connectivity index (χ0) is 15.4. The predicted octanol–water partition coefficient (Wildman–Crippen LogP) is 2.50. The van der Waals surface area contributed by atoms with Crippen molar-refractivity contribution in [2.24, 2.45) is 0 Å². The number of pyridine rings is 1. The number of aldehydes is 1. The van der Waals surface area contributed by atoms with Gasteiger partial charge in [0.25, 0.3) is 5.69 Å². The molecule has 0 atom stereocenters. The van der Waals surface area contributed by atoms with Gasteiger partial charge in [0.2, 0.25) is 11.6 Å². The molecule has 0 amide bonds. The van der Waals surface area contributed by atoms with Gasteiger partial charge in [-0.25, -0.2) is 4.98 Å². The third kappa shape index (κ3) is 3.15. The number of rotatable bonds is 5. The summed E-state index contributed by atoms with van der Waals surface area (Å²) < 4.78 is 5.21. The van der Waals surface area contributed by atoms with E-state index in [4.69, 9.17) is 4.74 Å². The smallest absolute Gasteiger partial charge is 0.311 e. The molecule has 9 nitrogen and oxygen atoms in total. The molecule has 1 aromatic carbocycles. The summed E-state index contributed by atoms with van der Waals surface area (Å²) in [5, 5.41) is 21.4. The van der Waals surface area contributed by atoms with Gasteiger partial charge in [-0.3, -0.25) is 25.0 Å². The molecular formula is C12H7N3O6. The number of hydrogen-bond acceptors (Lipinski definition) is 7. The molecule has 0 aliphatic rings. The quantitative estimate of drug-likeness (QED) is 0.470. The Bertz CT molecular complexity index is 713. The third-order valence-corrected chi connectivity index (χ3v) is 2.46. The van der Waals surface area contributed by atoms with E-state index in [1.165, 1.54) is 18.2 Å². The minimum Gasteiger partial charge on any atom is -0.432 e. The van der Waals surface area contributed by atoms with Crippen LogP contribution in [0, 0.1) is 20.2 Å². The summed E-state index contributed by atoms with van der Waals surface area (Å²) in [4.78, 5) is 34.4. The molecule has 0 spiro atoms. The molecule has 2 aromatic rings. The minimum absolute atomic E-state index is 0.0632. The van der Waals surface area contributed by atoms with Crippen LogP contribution in [0.2, 0.25) is 0 Å². The topological polar surface area (TPSA) is 125 Å². The van der Waals surface area contributed by atoms with Crippen LogP contribution in [0.5, 0.6) is 11.6 Å². The van der Waals surface area contributed by atoms with Gasteiger partial charge in [-0.1, -0.05) is 0 Å². The lowest BCUT2D eigenvalue weighted by Gasteiger charge is -2.05. The number of carbonyl (C=O) groups is 1. The van der Waals surface area contributed by atoms with Crippen LogP contribution in [0.15, 0.2) is 36.5 Å². The molecule has 21 heavy (non-hydrogen) atoms. The Morgan fingerprint density at radius 1 is 1.10 bits per heavy atom. The van der Waals surface area contributed by atoms with Crippen molar-refractivity contribution >= 4 is 17.7 Å². The van der Waals surface area contributed by atoms with E-state index in [1.54, 1.807) is 0 Å². The van der Waals surface area contributed by atoms with Gasteiger partial charge in [0.1, 0.15) is 12.5 Å². The van der Waals surface area contributed by atoms with E-state index in [9.17, 15) is 25.0 Å². The molecule has 0 fully saturated rings. The van der Waals surface area contributed by atoms with Crippen molar-refractivity contribution in [3.05, 3.63) is 62.3 Å². The molecule has 0 unspecified atom stereocenters. The fourth-order valence-corrected chi connectivity index (χ4v) is 1.49. The average Bonchev–Trinajstić information content (AvgIpc) is 2.47. The van der Waals surface area contributed by atoms with E-state index in [0.717, 1.165) is 18.3 Å². The van der Waals surface area contributed by atoms with Crippen molar-refractivity contribution in [2.75, 3.05) is 0 Å². The van der Waals surface area contributed by atoms with Crippen LogP contribution >= 0.6 is 0 Å². The summed E-state index contributed by atoms with van der Waals surface area (Å²) in [5.74, 6) is -0.238. The molecule has 0 radical (unpaired) electrons. The number of hydrogen-bond donors (Lipinski definition) is 0. The molecule has 0 N–H and O–H groups in total. The summed E-state index contributed by atoms with van der Waals surface area (Å²) in [7, 11) is 0. The highest BCUT2D eigenvalue weighted by Gasteiger charge is 2.17. The summed E-state index contributed by atoms with van der Waals surface area (Å²) >= 11 is 0. The lowest BCUT2D eigenvalue weighted by Crippen LogP contribution is -1.96. The van der Waals surface area contributed by atoms with Crippen molar-refractivity contribution < 1.29 is 19.4 Å². The maximum atomic E-state index is 10.9. The third-order valence-electron chi connectivity index (χ3n) is 2.46. The molecule has 0 aliphatic carbocycles. The molecule has 2 rings (SSSR count). The SMILES string of the molecule is O=Cc1ccc([N+](=O)[O-])c(Oc2ccc([N+](=O)[O-])cn2)c1. The number of carbonyl (C=O) groups excluding carboxylic acids is 1. The van der Waals surface area contributed by atoms with Gasteiger partial charge in [-0.2, -0.15) is 0 Å². The van der Waals surface area contributed by atoms with Crippen molar-refractivity contribution in [2.45, 2.75) is 0 Å².